The van der Waals surface area contributed by atoms with Crippen LogP contribution in [0.2, 0.25) is 5.02 Å². The van der Waals surface area contributed by atoms with Crippen LogP contribution in [0.5, 0.6) is 0 Å². The molecule has 2 aliphatic heterocycles. The molecule has 0 radical (unpaired) electrons. The maximum absolute atomic E-state index is 13.8. The SMILES string of the molecule is CCC1(CCCCN2CC=C(c3ccc(Cl)cc3)CC2)C(=O)Nc2ccc(F)cc21. The van der Waals surface area contributed by atoms with Crippen LogP contribution in [-0.4, -0.2) is 30.4 Å². The third-order valence-electron chi connectivity index (χ3n) is 6.62. The van der Waals surface area contributed by atoms with Crippen LogP contribution < -0.4 is 5.32 Å². The summed E-state index contributed by atoms with van der Waals surface area (Å²) in [4.78, 5) is 15.2. The van der Waals surface area contributed by atoms with Crippen LogP contribution in [0.1, 0.15) is 50.2 Å². The van der Waals surface area contributed by atoms with E-state index >= 15 is 0 Å². The fraction of sp³-hybridized carbons (Fsp3) is 0.400. The number of fused-ring (bicyclic) bond motifs is 1. The molecule has 158 valence electrons. The monoisotopic (exact) mass is 426 g/mol. The number of rotatable bonds is 7. The lowest BCUT2D eigenvalue weighted by Gasteiger charge is -2.28. The molecule has 1 unspecified atom stereocenters. The van der Waals surface area contributed by atoms with Crippen molar-refractivity contribution in [3.8, 4) is 0 Å². The van der Waals surface area contributed by atoms with Gasteiger partial charge in [0, 0.05) is 23.8 Å². The number of hydrogen-bond acceptors (Lipinski definition) is 2. The quantitative estimate of drug-likeness (QED) is 0.547. The Morgan fingerprint density at radius 2 is 1.97 bits per heavy atom. The van der Waals surface area contributed by atoms with Gasteiger partial charge in [-0.3, -0.25) is 9.69 Å². The lowest BCUT2D eigenvalue weighted by Crippen LogP contribution is -2.34. The first-order valence-electron chi connectivity index (χ1n) is 10.8. The maximum Gasteiger partial charge on any atom is 0.235 e. The smallest absolute Gasteiger partial charge is 0.235 e. The molecular formula is C25H28ClFN2O. The van der Waals surface area contributed by atoms with Gasteiger partial charge in [-0.15, -0.1) is 0 Å². The molecule has 1 amide bonds. The molecule has 0 aromatic heterocycles. The molecule has 0 fully saturated rings. The van der Waals surface area contributed by atoms with Crippen molar-refractivity contribution < 1.29 is 9.18 Å². The molecule has 0 bridgehead atoms. The summed E-state index contributed by atoms with van der Waals surface area (Å²) in [5.41, 5.74) is 3.62. The summed E-state index contributed by atoms with van der Waals surface area (Å²) in [6.07, 6.45) is 6.77. The summed E-state index contributed by atoms with van der Waals surface area (Å²) in [5, 5.41) is 3.72. The van der Waals surface area contributed by atoms with Crippen molar-refractivity contribution in [1.29, 1.82) is 0 Å². The van der Waals surface area contributed by atoms with Gasteiger partial charge in [0.2, 0.25) is 5.91 Å². The number of halogens is 2. The number of anilines is 1. The zero-order valence-electron chi connectivity index (χ0n) is 17.4. The average molecular weight is 427 g/mol. The number of amides is 1. The van der Waals surface area contributed by atoms with Crippen LogP contribution >= 0.6 is 11.6 Å². The van der Waals surface area contributed by atoms with Crippen LogP contribution in [0.15, 0.2) is 48.5 Å². The Balaban J connectivity index is 1.31. The summed E-state index contributed by atoms with van der Waals surface area (Å²) < 4.78 is 13.8. The minimum absolute atomic E-state index is 0.0131. The summed E-state index contributed by atoms with van der Waals surface area (Å²) in [6, 6.07) is 12.7. The third-order valence-corrected chi connectivity index (χ3v) is 6.87. The van der Waals surface area contributed by atoms with Crippen molar-refractivity contribution in [3.63, 3.8) is 0 Å². The standard InChI is InChI=1S/C25H28ClFN2O/c1-2-25(22-17-21(27)9-10-23(22)28-24(25)30)13-3-4-14-29-15-11-19(12-16-29)18-5-7-20(26)8-6-18/h5-11,17H,2-4,12-16H2,1H3,(H,28,30). The first-order chi connectivity index (χ1) is 14.5. The van der Waals surface area contributed by atoms with E-state index in [1.807, 2.05) is 19.1 Å². The Labute approximate surface area is 182 Å². The van der Waals surface area contributed by atoms with Gasteiger partial charge >= 0.3 is 0 Å². The zero-order valence-corrected chi connectivity index (χ0v) is 18.1. The Morgan fingerprint density at radius 1 is 1.17 bits per heavy atom. The van der Waals surface area contributed by atoms with Gasteiger partial charge in [0.1, 0.15) is 5.82 Å². The molecule has 0 aliphatic carbocycles. The van der Waals surface area contributed by atoms with Crippen molar-refractivity contribution in [3.05, 3.63) is 70.5 Å². The van der Waals surface area contributed by atoms with E-state index in [1.54, 1.807) is 6.07 Å². The minimum atomic E-state index is -0.596. The summed E-state index contributed by atoms with van der Waals surface area (Å²) in [6.45, 7) is 5.03. The molecule has 2 aromatic rings. The molecule has 2 heterocycles. The molecule has 0 spiro atoms. The highest BCUT2D eigenvalue weighted by atomic mass is 35.5. The minimum Gasteiger partial charge on any atom is -0.325 e. The Hall–Kier alpha value is -2.17. The second-order valence-corrected chi connectivity index (χ2v) is 8.76. The number of unbranched alkanes of at least 4 members (excludes halogenated alkanes) is 1. The van der Waals surface area contributed by atoms with Crippen molar-refractivity contribution in [2.75, 3.05) is 25.0 Å². The van der Waals surface area contributed by atoms with Gasteiger partial charge < -0.3 is 5.32 Å². The van der Waals surface area contributed by atoms with Crippen LogP contribution in [-0.2, 0) is 10.2 Å². The first kappa shape index (κ1) is 21.1. The lowest BCUT2D eigenvalue weighted by atomic mass is 9.75. The highest BCUT2D eigenvalue weighted by molar-refractivity contribution is 6.30. The molecule has 3 nitrogen and oxygen atoms in total. The molecule has 4 rings (SSSR count). The van der Waals surface area contributed by atoms with E-state index in [-0.39, 0.29) is 11.7 Å². The number of nitrogens with zero attached hydrogens (tertiary/aromatic N) is 1. The maximum atomic E-state index is 13.8. The molecule has 1 N–H and O–H groups in total. The van der Waals surface area contributed by atoms with Gasteiger partial charge in [-0.05, 0) is 79.3 Å². The van der Waals surface area contributed by atoms with E-state index in [0.29, 0.717) is 6.42 Å². The van der Waals surface area contributed by atoms with E-state index in [4.69, 9.17) is 11.6 Å². The Morgan fingerprint density at radius 3 is 2.67 bits per heavy atom. The Bertz CT molecular complexity index is 956. The average Bonchev–Trinajstić information content (AvgIpc) is 3.03. The molecule has 2 aliphatic rings. The predicted octanol–water partition coefficient (Wildman–Crippen LogP) is 6.04. The highest BCUT2D eigenvalue weighted by Gasteiger charge is 2.44. The van der Waals surface area contributed by atoms with E-state index in [0.717, 1.165) is 61.6 Å². The molecule has 5 heteroatoms. The van der Waals surface area contributed by atoms with E-state index < -0.39 is 5.41 Å². The van der Waals surface area contributed by atoms with E-state index in [2.05, 4.69) is 28.4 Å². The van der Waals surface area contributed by atoms with E-state index in [9.17, 15) is 9.18 Å². The van der Waals surface area contributed by atoms with Crippen molar-refractivity contribution >= 4 is 28.8 Å². The van der Waals surface area contributed by atoms with Gasteiger partial charge in [-0.25, -0.2) is 4.39 Å². The molecule has 2 aromatic carbocycles. The molecule has 0 saturated carbocycles. The topological polar surface area (TPSA) is 32.3 Å². The largest absolute Gasteiger partial charge is 0.325 e. The van der Waals surface area contributed by atoms with E-state index in [1.165, 1.54) is 23.3 Å². The zero-order chi connectivity index (χ0) is 21.1. The number of benzene rings is 2. The molecule has 1 atom stereocenters. The number of nitrogens with one attached hydrogen (secondary N) is 1. The Kier molecular flexibility index (Phi) is 6.26. The second kappa shape index (κ2) is 8.91. The number of carbonyl (C=O) groups is 1. The van der Waals surface area contributed by atoms with Crippen molar-refractivity contribution in [2.45, 2.75) is 44.4 Å². The van der Waals surface area contributed by atoms with Crippen LogP contribution in [0, 0.1) is 5.82 Å². The van der Waals surface area contributed by atoms with Gasteiger partial charge in [0.05, 0.1) is 5.41 Å². The van der Waals surface area contributed by atoms with Crippen LogP contribution in [0.3, 0.4) is 0 Å². The third kappa shape index (κ3) is 4.17. The van der Waals surface area contributed by atoms with Crippen molar-refractivity contribution in [1.82, 2.24) is 4.90 Å². The summed E-state index contributed by atoms with van der Waals surface area (Å²) in [7, 11) is 0. The summed E-state index contributed by atoms with van der Waals surface area (Å²) in [5.74, 6) is -0.265. The number of hydrogen-bond donors (Lipinski definition) is 1. The number of carbonyl (C=O) groups excluding carboxylic acids is 1. The van der Waals surface area contributed by atoms with Crippen LogP contribution in [0.25, 0.3) is 5.57 Å². The van der Waals surface area contributed by atoms with Crippen molar-refractivity contribution in [2.24, 2.45) is 0 Å². The fourth-order valence-electron chi connectivity index (χ4n) is 4.76. The highest BCUT2D eigenvalue weighted by Crippen LogP contribution is 2.44. The molecule has 30 heavy (non-hydrogen) atoms. The normalized spacial score (nSPS) is 21.3. The molecular weight excluding hydrogens is 399 g/mol. The van der Waals surface area contributed by atoms with Gasteiger partial charge in [0.25, 0.3) is 0 Å². The first-order valence-corrected chi connectivity index (χ1v) is 11.2. The van der Waals surface area contributed by atoms with Gasteiger partial charge in [-0.2, -0.15) is 0 Å². The predicted molar refractivity (Wildman–Crippen MR) is 121 cm³/mol. The lowest BCUT2D eigenvalue weighted by molar-refractivity contribution is -0.121. The van der Waals surface area contributed by atoms with Gasteiger partial charge in [-0.1, -0.05) is 43.2 Å². The van der Waals surface area contributed by atoms with Crippen LogP contribution in [0.4, 0.5) is 10.1 Å². The van der Waals surface area contributed by atoms with Gasteiger partial charge in [0.15, 0.2) is 0 Å². The fourth-order valence-corrected chi connectivity index (χ4v) is 4.89. The summed E-state index contributed by atoms with van der Waals surface area (Å²) >= 11 is 5.99. The molecule has 0 saturated heterocycles. The second-order valence-electron chi connectivity index (χ2n) is 8.32.